The third kappa shape index (κ3) is 5.96. The van der Waals surface area contributed by atoms with E-state index in [1.54, 1.807) is 13.1 Å². The fourth-order valence-electron chi connectivity index (χ4n) is 1.62. The summed E-state index contributed by atoms with van der Waals surface area (Å²) in [5.41, 5.74) is 0.837. The quantitative estimate of drug-likeness (QED) is 0.780. The predicted octanol–water partition coefficient (Wildman–Crippen LogP) is 3.62. The molecular formula is C13H19ClF3N3. The maximum atomic E-state index is 12.2. The number of rotatable bonds is 7. The van der Waals surface area contributed by atoms with Crippen LogP contribution in [0.2, 0.25) is 5.02 Å². The molecule has 1 aromatic heterocycles. The summed E-state index contributed by atoms with van der Waals surface area (Å²) in [5, 5.41) is 3.72. The maximum absolute atomic E-state index is 12.2. The monoisotopic (exact) mass is 309 g/mol. The van der Waals surface area contributed by atoms with Crippen molar-refractivity contribution < 1.29 is 13.2 Å². The molecule has 0 saturated heterocycles. The molecule has 0 unspecified atom stereocenters. The Balaban J connectivity index is 2.68. The fourth-order valence-corrected chi connectivity index (χ4v) is 1.79. The molecule has 1 heterocycles. The molecule has 0 aliphatic carbocycles. The van der Waals surface area contributed by atoms with E-state index < -0.39 is 12.6 Å². The van der Waals surface area contributed by atoms with E-state index in [9.17, 15) is 13.2 Å². The van der Waals surface area contributed by atoms with Crippen molar-refractivity contribution in [2.24, 2.45) is 0 Å². The van der Waals surface area contributed by atoms with Crippen molar-refractivity contribution in [3.8, 4) is 0 Å². The highest BCUT2D eigenvalue weighted by molar-refractivity contribution is 6.31. The summed E-state index contributed by atoms with van der Waals surface area (Å²) < 4.78 is 36.6. The van der Waals surface area contributed by atoms with Crippen LogP contribution < -0.4 is 10.2 Å². The van der Waals surface area contributed by atoms with Gasteiger partial charge in [-0.1, -0.05) is 18.5 Å². The second kappa shape index (κ2) is 7.69. The largest absolute Gasteiger partial charge is 0.390 e. The average Bonchev–Trinajstić information content (AvgIpc) is 2.37. The Kier molecular flexibility index (Phi) is 6.55. The summed E-state index contributed by atoms with van der Waals surface area (Å²) in [7, 11) is 1.59. The summed E-state index contributed by atoms with van der Waals surface area (Å²) in [6, 6.07) is 1.72. The van der Waals surface area contributed by atoms with Gasteiger partial charge in [0.2, 0.25) is 0 Å². The summed E-state index contributed by atoms with van der Waals surface area (Å²) in [6.45, 7) is 3.37. The van der Waals surface area contributed by atoms with Crippen LogP contribution >= 0.6 is 11.6 Å². The minimum Gasteiger partial charge on any atom is -0.359 e. The van der Waals surface area contributed by atoms with Crippen molar-refractivity contribution in [3.05, 3.63) is 22.8 Å². The Morgan fingerprint density at radius 1 is 1.40 bits per heavy atom. The highest BCUT2D eigenvalue weighted by atomic mass is 35.5. The Morgan fingerprint density at radius 2 is 2.10 bits per heavy atom. The Morgan fingerprint density at radius 3 is 2.70 bits per heavy atom. The zero-order chi connectivity index (χ0) is 15.2. The first kappa shape index (κ1) is 17.0. The lowest BCUT2D eigenvalue weighted by Crippen LogP contribution is -2.25. The third-order valence-electron chi connectivity index (χ3n) is 2.78. The topological polar surface area (TPSA) is 28.2 Å². The predicted molar refractivity (Wildman–Crippen MR) is 75.2 cm³/mol. The van der Waals surface area contributed by atoms with Crippen molar-refractivity contribution in [1.82, 2.24) is 10.3 Å². The van der Waals surface area contributed by atoms with Crippen molar-refractivity contribution in [1.29, 1.82) is 0 Å². The molecule has 0 aliphatic rings. The molecule has 1 aromatic rings. The minimum absolute atomic E-state index is 0.125. The van der Waals surface area contributed by atoms with E-state index in [0.29, 0.717) is 17.4 Å². The zero-order valence-electron chi connectivity index (χ0n) is 11.6. The van der Waals surface area contributed by atoms with E-state index >= 15 is 0 Å². The molecule has 0 amide bonds. The number of anilines is 1. The first-order chi connectivity index (χ1) is 9.33. The van der Waals surface area contributed by atoms with Gasteiger partial charge in [-0.2, -0.15) is 13.2 Å². The average molecular weight is 310 g/mol. The van der Waals surface area contributed by atoms with Gasteiger partial charge in [-0.3, -0.25) is 0 Å². The van der Waals surface area contributed by atoms with Crippen LogP contribution in [0.1, 0.15) is 25.3 Å². The van der Waals surface area contributed by atoms with E-state index in [4.69, 9.17) is 11.6 Å². The molecule has 0 bridgehead atoms. The van der Waals surface area contributed by atoms with Gasteiger partial charge >= 0.3 is 6.18 Å². The molecule has 3 nitrogen and oxygen atoms in total. The first-order valence-corrected chi connectivity index (χ1v) is 6.84. The van der Waals surface area contributed by atoms with Crippen LogP contribution in [0.15, 0.2) is 12.3 Å². The molecule has 114 valence electrons. The Bertz CT molecular complexity index is 424. The van der Waals surface area contributed by atoms with Crippen LogP contribution in [0.5, 0.6) is 0 Å². The summed E-state index contributed by atoms with van der Waals surface area (Å²) in [6.07, 6.45) is -2.55. The highest BCUT2D eigenvalue weighted by Crippen LogP contribution is 2.23. The number of nitrogens with one attached hydrogen (secondary N) is 1. The molecule has 0 atom stereocenters. The van der Waals surface area contributed by atoms with E-state index in [0.717, 1.165) is 18.5 Å². The number of aromatic nitrogens is 1. The number of alkyl halides is 3. The SMILES string of the molecule is CCCNCc1cc(N(C)CCC(F)(F)F)ncc1Cl. The normalized spacial score (nSPS) is 11.7. The molecule has 0 radical (unpaired) electrons. The highest BCUT2D eigenvalue weighted by Gasteiger charge is 2.27. The van der Waals surface area contributed by atoms with E-state index in [1.165, 1.54) is 11.1 Å². The molecule has 1 rings (SSSR count). The lowest BCUT2D eigenvalue weighted by atomic mass is 10.2. The lowest BCUT2D eigenvalue weighted by molar-refractivity contribution is -0.132. The van der Waals surface area contributed by atoms with Crippen LogP contribution in [0, 0.1) is 0 Å². The molecule has 1 N–H and O–H groups in total. The van der Waals surface area contributed by atoms with Crippen molar-refractivity contribution in [3.63, 3.8) is 0 Å². The van der Waals surface area contributed by atoms with Gasteiger partial charge in [0.15, 0.2) is 0 Å². The van der Waals surface area contributed by atoms with Crippen molar-refractivity contribution in [2.75, 3.05) is 25.0 Å². The van der Waals surface area contributed by atoms with E-state index in [1.807, 2.05) is 0 Å². The Labute approximate surface area is 122 Å². The van der Waals surface area contributed by atoms with Crippen molar-refractivity contribution in [2.45, 2.75) is 32.5 Å². The van der Waals surface area contributed by atoms with Gasteiger partial charge in [0.05, 0.1) is 11.4 Å². The van der Waals surface area contributed by atoms with Gasteiger partial charge < -0.3 is 10.2 Å². The summed E-state index contributed by atoms with van der Waals surface area (Å²) in [4.78, 5) is 5.55. The summed E-state index contributed by atoms with van der Waals surface area (Å²) in [5.74, 6) is 0.493. The minimum atomic E-state index is -4.16. The second-order valence-corrected chi connectivity index (χ2v) is 5.00. The molecule has 7 heteroatoms. The lowest BCUT2D eigenvalue weighted by Gasteiger charge is -2.20. The maximum Gasteiger partial charge on any atom is 0.390 e. The van der Waals surface area contributed by atoms with Crippen LogP contribution in [0.25, 0.3) is 0 Å². The number of hydrogen-bond donors (Lipinski definition) is 1. The van der Waals surface area contributed by atoms with Crippen LogP contribution in [-0.2, 0) is 6.54 Å². The molecular weight excluding hydrogens is 291 g/mol. The van der Waals surface area contributed by atoms with Gasteiger partial charge in [0, 0.05) is 26.3 Å². The number of halogens is 4. The first-order valence-electron chi connectivity index (χ1n) is 6.46. The zero-order valence-corrected chi connectivity index (χ0v) is 12.4. The van der Waals surface area contributed by atoms with Crippen molar-refractivity contribution >= 4 is 17.4 Å². The van der Waals surface area contributed by atoms with Crippen LogP contribution in [0.4, 0.5) is 19.0 Å². The third-order valence-corrected chi connectivity index (χ3v) is 3.12. The van der Waals surface area contributed by atoms with Gasteiger partial charge in [-0.25, -0.2) is 4.98 Å². The van der Waals surface area contributed by atoms with Gasteiger partial charge in [0.1, 0.15) is 5.82 Å². The molecule has 0 aromatic carbocycles. The molecule has 0 fully saturated rings. The van der Waals surface area contributed by atoms with E-state index in [-0.39, 0.29) is 6.54 Å². The van der Waals surface area contributed by atoms with Crippen LogP contribution in [-0.4, -0.2) is 31.3 Å². The second-order valence-electron chi connectivity index (χ2n) is 4.60. The molecule has 0 aliphatic heterocycles. The summed E-state index contributed by atoms with van der Waals surface area (Å²) >= 11 is 6.03. The smallest absolute Gasteiger partial charge is 0.359 e. The number of pyridine rings is 1. The van der Waals surface area contributed by atoms with Gasteiger partial charge in [0.25, 0.3) is 0 Å². The molecule has 0 spiro atoms. The van der Waals surface area contributed by atoms with Gasteiger partial charge in [-0.15, -0.1) is 0 Å². The molecule has 0 saturated carbocycles. The van der Waals surface area contributed by atoms with Crippen LogP contribution in [0.3, 0.4) is 0 Å². The molecule has 20 heavy (non-hydrogen) atoms. The van der Waals surface area contributed by atoms with Gasteiger partial charge in [-0.05, 0) is 24.6 Å². The standard InChI is InChI=1S/C13H19ClF3N3/c1-3-5-18-8-10-7-12(19-9-11(10)14)20(2)6-4-13(15,16)17/h7,9,18H,3-6,8H2,1-2H3. The Hall–Kier alpha value is -1.01. The number of hydrogen-bond acceptors (Lipinski definition) is 3. The number of nitrogens with zero attached hydrogens (tertiary/aromatic N) is 2. The van der Waals surface area contributed by atoms with E-state index in [2.05, 4.69) is 17.2 Å². The fraction of sp³-hybridized carbons (Fsp3) is 0.615.